The van der Waals surface area contributed by atoms with Crippen molar-refractivity contribution in [3.63, 3.8) is 0 Å². The molecular weight excluding hydrogens is 296 g/mol. The van der Waals surface area contributed by atoms with E-state index in [-0.39, 0.29) is 11.5 Å². The zero-order chi connectivity index (χ0) is 16.9. The minimum atomic E-state index is -0.193. The molecule has 2 heteroatoms. The largest absolute Gasteiger partial charge is 0.497 e. The monoisotopic (exact) mass is 324 g/mol. The Kier molecular flexibility index (Phi) is 3.84. The van der Waals surface area contributed by atoms with Gasteiger partial charge in [0, 0.05) is 5.41 Å². The number of hydrogen-bond acceptors (Lipinski definition) is 2. The Labute approximate surface area is 145 Å². The van der Waals surface area contributed by atoms with Crippen molar-refractivity contribution in [2.75, 3.05) is 7.11 Å². The quantitative estimate of drug-likeness (QED) is 0.821. The maximum Gasteiger partial charge on any atom is 0.119 e. The van der Waals surface area contributed by atoms with E-state index in [1.54, 1.807) is 7.11 Å². The summed E-state index contributed by atoms with van der Waals surface area (Å²) in [6.45, 7) is 6.39. The van der Waals surface area contributed by atoms with E-state index in [1.165, 1.54) is 16.7 Å². The van der Waals surface area contributed by atoms with Gasteiger partial charge in [-0.15, -0.1) is 6.58 Å². The molecule has 0 spiro atoms. The average Bonchev–Trinajstić information content (AvgIpc) is 2.97. The smallest absolute Gasteiger partial charge is 0.119 e. The summed E-state index contributed by atoms with van der Waals surface area (Å²) in [6, 6.07) is 6.58. The van der Waals surface area contributed by atoms with E-state index in [0.717, 1.165) is 37.9 Å². The van der Waals surface area contributed by atoms with Crippen LogP contribution in [-0.4, -0.2) is 18.3 Å². The van der Waals surface area contributed by atoms with E-state index >= 15 is 0 Å². The Morgan fingerprint density at radius 3 is 2.96 bits per heavy atom. The van der Waals surface area contributed by atoms with Crippen LogP contribution < -0.4 is 4.74 Å². The van der Waals surface area contributed by atoms with Crippen LogP contribution in [-0.2, 0) is 6.42 Å². The standard InChI is InChI=1S/C22H28O2/c1-4-14-12-15-13-16(24-3)6-7-17(15)18-10-11-22(5-2)19(21(14)18)8-9-20(22)23/h4,6-8,13-14,18,20-21,23H,1,5,9-12H2,2-3H3/t14-,18-,20+,21-,22+/m1/s1. The van der Waals surface area contributed by atoms with Crippen LogP contribution in [0.3, 0.4) is 0 Å². The second kappa shape index (κ2) is 5.77. The fraction of sp³-hybridized carbons (Fsp3) is 0.545. The molecule has 1 fully saturated rings. The third-order valence-corrected chi connectivity index (χ3v) is 7.07. The number of rotatable bonds is 3. The molecule has 0 heterocycles. The Morgan fingerprint density at radius 2 is 2.25 bits per heavy atom. The highest BCUT2D eigenvalue weighted by atomic mass is 16.5. The number of aliphatic hydroxyl groups is 1. The molecule has 4 rings (SSSR count). The summed E-state index contributed by atoms with van der Waals surface area (Å²) < 4.78 is 5.43. The van der Waals surface area contributed by atoms with Gasteiger partial charge in [-0.1, -0.05) is 30.7 Å². The van der Waals surface area contributed by atoms with E-state index in [2.05, 4.69) is 43.9 Å². The van der Waals surface area contributed by atoms with Crippen molar-refractivity contribution >= 4 is 0 Å². The van der Waals surface area contributed by atoms with Crippen LogP contribution >= 0.6 is 0 Å². The molecule has 1 aromatic rings. The van der Waals surface area contributed by atoms with Crippen LogP contribution in [0.15, 0.2) is 42.5 Å². The van der Waals surface area contributed by atoms with Crippen molar-refractivity contribution in [1.82, 2.24) is 0 Å². The van der Waals surface area contributed by atoms with Crippen LogP contribution in [0.25, 0.3) is 0 Å². The van der Waals surface area contributed by atoms with Gasteiger partial charge in [0.25, 0.3) is 0 Å². The fourth-order valence-electron chi connectivity index (χ4n) is 5.80. The highest BCUT2D eigenvalue weighted by molar-refractivity contribution is 5.45. The lowest BCUT2D eigenvalue weighted by Gasteiger charge is -2.51. The fourth-order valence-corrected chi connectivity index (χ4v) is 5.80. The molecule has 0 unspecified atom stereocenters. The van der Waals surface area contributed by atoms with E-state index in [1.807, 2.05) is 0 Å². The van der Waals surface area contributed by atoms with Crippen LogP contribution in [0.1, 0.15) is 49.7 Å². The molecular formula is C22H28O2. The minimum Gasteiger partial charge on any atom is -0.497 e. The molecule has 3 aliphatic carbocycles. The molecule has 3 aliphatic rings. The molecule has 1 aromatic carbocycles. The van der Waals surface area contributed by atoms with Gasteiger partial charge in [-0.3, -0.25) is 0 Å². The van der Waals surface area contributed by atoms with Gasteiger partial charge in [-0.25, -0.2) is 0 Å². The first-order valence-electron chi connectivity index (χ1n) is 9.32. The summed E-state index contributed by atoms with van der Waals surface area (Å²) >= 11 is 0. The summed E-state index contributed by atoms with van der Waals surface area (Å²) in [6.07, 6.45) is 9.48. The molecule has 1 saturated carbocycles. The number of benzene rings is 1. The first-order chi connectivity index (χ1) is 11.6. The van der Waals surface area contributed by atoms with Crippen molar-refractivity contribution in [3.05, 3.63) is 53.6 Å². The van der Waals surface area contributed by atoms with E-state index in [9.17, 15) is 5.11 Å². The third-order valence-electron chi connectivity index (χ3n) is 7.07. The van der Waals surface area contributed by atoms with Gasteiger partial charge in [0.1, 0.15) is 5.75 Å². The van der Waals surface area contributed by atoms with E-state index < -0.39 is 0 Å². The SMILES string of the molecule is C=C[C@@H]1Cc2cc(OC)ccc2[C@H]2CC[C@@]3(CC)C(=CC[C@@H]3O)[C@H]12. The Bertz CT molecular complexity index is 689. The van der Waals surface area contributed by atoms with Gasteiger partial charge in [0.05, 0.1) is 13.2 Å². The molecule has 0 bridgehead atoms. The maximum atomic E-state index is 10.7. The normalized spacial score (nSPS) is 37.0. The van der Waals surface area contributed by atoms with Crippen LogP contribution in [0.2, 0.25) is 0 Å². The molecule has 128 valence electrons. The number of hydrogen-bond donors (Lipinski definition) is 1. The van der Waals surface area contributed by atoms with Crippen molar-refractivity contribution in [2.45, 2.75) is 51.0 Å². The molecule has 1 N–H and O–H groups in total. The zero-order valence-corrected chi connectivity index (χ0v) is 14.8. The number of allylic oxidation sites excluding steroid dienone is 1. The Hall–Kier alpha value is -1.54. The Morgan fingerprint density at radius 1 is 1.42 bits per heavy atom. The number of aliphatic hydroxyl groups excluding tert-OH is 1. The number of ether oxygens (including phenoxy) is 1. The van der Waals surface area contributed by atoms with Gasteiger partial charge in [0.2, 0.25) is 0 Å². The highest BCUT2D eigenvalue weighted by Crippen LogP contribution is 2.61. The lowest BCUT2D eigenvalue weighted by atomic mass is 9.54. The molecule has 0 aliphatic heterocycles. The minimum absolute atomic E-state index is 0.0202. The summed E-state index contributed by atoms with van der Waals surface area (Å²) in [7, 11) is 1.74. The molecule has 5 atom stereocenters. The van der Waals surface area contributed by atoms with Gasteiger partial charge in [-0.05, 0) is 73.1 Å². The van der Waals surface area contributed by atoms with Crippen LogP contribution in [0.5, 0.6) is 5.75 Å². The van der Waals surface area contributed by atoms with Crippen molar-refractivity contribution in [1.29, 1.82) is 0 Å². The van der Waals surface area contributed by atoms with Gasteiger partial charge in [0.15, 0.2) is 0 Å². The topological polar surface area (TPSA) is 29.5 Å². The summed E-state index contributed by atoms with van der Waals surface area (Å²) in [5.74, 6) is 2.47. The summed E-state index contributed by atoms with van der Waals surface area (Å²) in [4.78, 5) is 0. The predicted molar refractivity (Wildman–Crippen MR) is 97.3 cm³/mol. The molecule has 0 radical (unpaired) electrons. The molecule has 0 aromatic heterocycles. The molecule has 0 saturated heterocycles. The van der Waals surface area contributed by atoms with Crippen molar-refractivity contribution in [2.24, 2.45) is 17.3 Å². The van der Waals surface area contributed by atoms with E-state index in [0.29, 0.717) is 17.8 Å². The maximum absolute atomic E-state index is 10.7. The van der Waals surface area contributed by atoms with Crippen LogP contribution in [0.4, 0.5) is 0 Å². The molecule has 24 heavy (non-hydrogen) atoms. The van der Waals surface area contributed by atoms with Crippen molar-refractivity contribution in [3.8, 4) is 5.75 Å². The number of fused-ring (bicyclic) bond motifs is 5. The third kappa shape index (κ3) is 2.05. The van der Waals surface area contributed by atoms with Gasteiger partial charge < -0.3 is 9.84 Å². The van der Waals surface area contributed by atoms with Crippen molar-refractivity contribution < 1.29 is 9.84 Å². The summed E-state index contributed by atoms with van der Waals surface area (Å²) in [5.41, 5.74) is 4.46. The number of methoxy groups -OCH3 is 1. The average molecular weight is 324 g/mol. The lowest BCUT2D eigenvalue weighted by Crippen LogP contribution is -2.44. The van der Waals surface area contributed by atoms with Gasteiger partial charge >= 0.3 is 0 Å². The second-order valence-electron chi connectivity index (χ2n) is 7.76. The van der Waals surface area contributed by atoms with E-state index in [4.69, 9.17) is 4.74 Å². The Balaban J connectivity index is 1.80. The highest BCUT2D eigenvalue weighted by Gasteiger charge is 2.53. The first-order valence-corrected chi connectivity index (χ1v) is 9.32. The van der Waals surface area contributed by atoms with Crippen LogP contribution in [0, 0.1) is 17.3 Å². The molecule has 0 amide bonds. The lowest BCUT2D eigenvalue weighted by molar-refractivity contribution is 0.0270. The molecule has 2 nitrogen and oxygen atoms in total. The summed E-state index contributed by atoms with van der Waals surface area (Å²) in [5, 5.41) is 10.7. The predicted octanol–water partition coefficient (Wildman–Crippen LogP) is 4.63. The first kappa shape index (κ1) is 16.0. The van der Waals surface area contributed by atoms with Gasteiger partial charge in [-0.2, -0.15) is 0 Å². The zero-order valence-electron chi connectivity index (χ0n) is 14.8. The second-order valence-corrected chi connectivity index (χ2v) is 7.76.